The van der Waals surface area contributed by atoms with Gasteiger partial charge in [0, 0.05) is 31.2 Å². The van der Waals surface area contributed by atoms with Crippen LogP contribution in [0.2, 0.25) is 0 Å². The van der Waals surface area contributed by atoms with E-state index in [1.807, 2.05) is 10.8 Å². The first-order valence-electron chi connectivity index (χ1n) is 6.90. The maximum Gasteiger partial charge on any atom is 0.268 e. The van der Waals surface area contributed by atoms with Crippen molar-refractivity contribution in [1.29, 1.82) is 0 Å². The van der Waals surface area contributed by atoms with Crippen molar-refractivity contribution in [3.8, 4) is 0 Å². The Morgan fingerprint density at radius 2 is 2.43 bits per heavy atom. The SMILES string of the molecule is O=C(N[C@@H]1CC(Cn2ccnc2)C[C@H]1O)c1cc(F)c[nH]1. The number of rotatable bonds is 4. The van der Waals surface area contributed by atoms with Crippen LogP contribution in [0.25, 0.3) is 0 Å². The lowest BCUT2D eigenvalue weighted by atomic mass is 10.1. The summed E-state index contributed by atoms with van der Waals surface area (Å²) in [7, 11) is 0. The Morgan fingerprint density at radius 1 is 1.57 bits per heavy atom. The third-order valence-electron chi connectivity index (χ3n) is 3.86. The van der Waals surface area contributed by atoms with E-state index in [1.165, 1.54) is 0 Å². The summed E-state index contributed by atoms with van der Waals surface area (Å²) in [6.07, 6.45) is 7.19. The monoisotopic (exact) mass is 292 g/mol. The molecule has 1 aliphatic carbocycles. The van der Waals surface area contributed by atoms with Crippen LogP contribution in [-0.4, -0.2) is 37.7 Å². The number of aromatic nitrogens is 3. The Labute approximate surface area is 121 Å². The average molecular weight is 292 g/mol. The number of aromatic amines is 1. The quantitative estimate of drug-likeness (QED) is 0.783. The Bertz CT molecular complexity index is 610. The smallest absolute Gasteiger partial charge is 0.268 e. The Kier molecular flexibility index (Phi) is 3.74. The zero-order valence-electron chi connectivity index (χ0n) is 11.4. The van der Waals surface area contributed by atoms with Crippen molar-refractivity contribution in [3.63, 3.8) is 0 Å². The molecule has 3 rings (SSSR count). The molecule has 21 heavy (non-hydrogen) atoms. The Balaban J connectivity index is 1.57. The van der Waals surface area contributed by atoms with E-state index < -0.39 is 17.8 Å². The van der Waals surface area contributed by atoms with Gasteiger partial charge in [-0.25, -0.2) is 9.37 Å². The molecular weight excluding hydrogens is 275 g/mol. The van der Waals surface area contributed by atoms with Gasteiger partial charge in [0.2, 0.25) is 0 Å². The number of carbonyl (C=O) groups is 1. The maximum absolute atomic E-state index is 12.9. The highest BCUT2D eigenvalue weighted by Crippen LogP contribution is 2.27. The topological polar surface area (TPSA) is 82.9 Å². The maximum atomic E-state index is 12.9. The van der Waals surface area contributed by atoms with Crippen LogP contribution in [0.15, 0.2) is 31.0 Å². The molecule has 1 fully saturated rings. The first kappa shape index (κ1) is 13.8. The lowest BCUT2D eigenvalue weighted by Crippen LogP contribution is -2.40. The van der Waals surface area contributed by atoms with Gasteiger partial charge in [0.05, 0.1) is 18.5 Å². The number of aliphatic hydroxyl groups is 1. The Morgan fingerprint density at radius 3 is 3.10 bits per heavy atom. The lowest BCUT2D eigenvalue weighted by molar-refractivity contribution is 0.0868. The van der Waals surface area contributed by atoms with Crippen LogP contribution in [0, 0.1) is 11.7 Å². The van der Waals surface area contributed by atoms with E-state index in [-0.39, 0.29) is 17.7 Å². The van der Waals surface area contributed by atoms with Crippen molar-refractivity contribution < 1.29 is 14.3 Å². The molecule has 112 valence electrons. The van der Waals surface area contributed by atoms with E-state index in [0.717, 1.165) is 18.8 Å². The zero-order valence-corrected chi connectivity index (χ0v) is 11.4. The third kappa shape index (κ3) is 3.13. The molecule has 6 nitrogen and oxygen atoms in total. The molecule has 3 atom stereocenters. The van der Waals surface area contributed by atoms with E-state index in [4.69, 9.17) is 0 Å². The van der Waals surface area contributed by atoms with Crippen LogP contribution in [-0.2, 0) is 6.54 Å². The van der Waals surface area contributed by atoms with Gasteiger partial charge in [0.25, 0.3) is 5.91 Å². The molecule has 7 heteroatoms. The third-order valence-corrected chi connectivity index (χ3v) is 3.86. The van der Waals surface area contributed by atoms with Crippen molar-refractivity contribution in [1.82, 2.24) is 19.9 Å². The van der Waals surface area contributed by atoms with Gasteiger partial charge in [-0.15, -0.1) is 0 Å². The van der Waals surface area contributed by atoms with E-state index >= 15 is 0 Å². The molecule has 2 heterocycles. The molecule has 0 bridgehead atoms. The summed E-state index contributed by atoms with van der Waals surface area (Å²) < 4.78 is 14.8. The number of H-pyrrole nitrogens is 1. The minimum Gasteiger partial charge on any atom is -0.391 e. The number of nitrogens with one attached hydrogen (secondary N) is 2. The van der Waals surface area contributed by atoms with Gasteiger partial charge < -0.3 is 20.0 Å². The summed E-state index contributed by atoms with van der Waals surface area (Å²) >= 11 is 0. The number of nitrogens with zero attached hydrogens (tertiary/aromatic N) is 2. The summed E-state index contributed by atoms with van der Waals surface area (Å²) in [6, 6.07) is 0.831. The molecule has 0 spiro atoms. The van der Waals surface area contributed by atoms with E-state index in [9.17, 15) is 14.3 Å². The van der Waals surface area contributed by atoms with Crippen molar-refractivity contribution in [2.45, 2.75) is 31.5 Å². The minimum atomic E-state index is -0.581. The summed E-state index contributed by atoms with van der Waals surface area (Å²) in [4.78, 5) is 18.5. The lowest BCUT2D eigenvalue weighted by Gasteiger charge is -2.15. The molecule has 0 saturated heterocycles. The molecule has 1 aliphatic rings. The van der Waals surface area contributed by atoms with Gasteiger partial charge in [-0.1, -0.05) is 0 Å². The van der Waals surface area contributed by atoms with Gasteiger partial charge in [0.1, 0.15) is 11.5 Å². The standard InChI is InChI=1S/C14H17FN4O2/c15-10-5-12(17-6-10)14(21)18-11-3-9(4-13(11)20)7-19-2-1-16-8-19/h1-2,5-6,8-9,11,13,17,20H,3-4,7H2,(H,18,21)/t9?,11-,13-/m1/s1. The molecule has 3 N–H and O–H groups in total. The van der Waals surface area contributed by atoms with Crippen LogP contribution < -0.4 is 5.32 Å². The number of halogens is 1. The van der Waals surface area contributed by atoms with Crippen LogP contribution in [0.3, 0.4) is 0 Å². The number of hydrogen-bond acceptors (Lipinski definition) is 3. The molecule has 1 amide bonds. The second kappa shape index (κ2) is 5.69. The summed E-state index contributed by atoms with van der Waals surface area (Å²) in [5, 5.41) is 12.8. The van der Waals surface area contributed by atoms with Gasteiger partial charge in [-0.3, -0.25) is 4.79 Å². The van der Waals surface area contributed by atoms with Crippen LogP contribution in [0.1, 0.15) is 23.3 Å². The number of carbonyl (C=O) groups excluding carboxylic acids is 1. The van der Waals surface area contributed by atoms with Crippen molar-refractivity contribution in [2.24, 2.45) is 5.92 Å². The average Bonchev–Trinajstić information content (AvgIpc) is 3.14. The molecule has 2 aromatic heterocycles. The predicted octanol–water partition coefficient (Wildman–Crippen LogP) is 0.920. The number of imidazole rings is 1. The highest BCUT2D eigenvalue weighted by atomic mass is 19.1. The van der Waals surface area contributed by atoms with Gasteiger partial charge in [-0.05, 0) is 18.8 Å². The fourth-order valence-electron chi connectivity index (χ4n) is 2.86. The summed E-state index contributed by atoms with van der Waals surface area (Å²) in [6.45, 7) is 0.764. The summed E-state index contributed by atoms with van der Waals surface area (Å²) in [5.41, 5.74) is 0.165. The first-order chi connectivity index (χ1) is 10.1. The van der Waals surface area contributed by atoms with Gasteiger partial charge in [0.15, 0.2) is 0 Å². The van der Waals surface area contributed by atoms with Crippen molar-refractivity contribution >= 4 is 5.91 Å². The van der Waals surface area contributed by atoms with Crippen LogP contribution >= 0.6 is 0 Å². The highest BCUT2D eigenvalue weighted by molar-refractivity contribution is 5.92. The molecular formula is C14H17FN4O2. The van der Waals surface area contributed by atoms with E-state index in [0.29, 0.717) is 12.8 Å². The van der Waals surface area contributed by atoms with Gasteiger partial charge in [-0.2, -0.15) is 0 Å². The molecule has 0 aliphatic heterocycles. The fraction of sp³-hybridized carbons (Fsp3) is 0.429. The van der Waals surface area contributed by atoms with Crippen LogP contribution in [0.5, 0.6) is 0 Å². The first-order valence-corrected chi connectivity index (χ1v) is 6.90. The molecule has 0 radical (unpaired) electrons. The second-order valence-corrected chi connectivity index (χ2v) is 5.48. The number of amides is 1. The molecule has 2 aromatic rings. The largest absolute Gasteiger partial charge is 0.391 e. The normalized spacial score (nSPS) is 25.1. The van der Waals surface area contributed by atoms with E-state index in [2.05, 4.69) is 15.3 Å². The Hall–Kier alpha value is -2.15. The molecule has 1 saturated carbocycles. The number of aliphatic hydroxyl groups excluding tert-OH is 1. The molecule has 0 aromatic carbocycles. The second-order valence-electron chi connectivity index (χ2n) is 5.48. The van der Waals surface area contributed by atoms with Crippen LogP contribution in [0.4, 0.5) is 4.39 Å². The van der Waals surface area contributed by atoms with Crippen molar-refractivity contribution in [2.75, 3.05) is 0 Å². The zero-order chi connectivity index (χ0) is 14.8. The van der Waals surface area contributed by atoms with Gasteiger partial charge >= 0.3 is 0 Å². The predicted molar refractivity (Wildman–Crippen MR) is 73.0 cm³/mol. The summed E-state index contributed by atoms with van der Waals surface area (Å²) in [5.74, 6) is -0.601. The van der Waals surface area contributed by atoms with Crippen molar-refractivity contribution in [3.05, 3.63) is 42.5 Å². The number of hydrogen-bond donors (Lipinski definition) is 3. The van der Waals surface area contributed by atoms with E-state index in [1.54, 1.807) is 12.5 Å². The minimum absolute atomic E-state index is 0.165. The molecule has 1 unspecified atom stereocenters. The fourth-order valence-corrected chi connectivity index (χ4v) is 2.86. The highest BCUT2D eigenvalue weighted by Gasteiger charge is 2.34.